The van der Waals surface area contributed by atoms with Crippen molar-refractivity contribution in [2.75, 3.05) is 6.26 Å². The molecule has 1 heterocycles. The van der Waals surface area contributed by atoms with Crippen LogP contribution in [-0.4, -0.2) is 17.1 Å². The van der Waals surface area contributed by atoms with Gasteiger partial charge in [-0.25, -0.2) is 4.98 Å². The van der Waals surface area contributed by atoms with Gasteiger partial charge >= 0.3 is 0 Å². The molecular weight excluding hydrogens is 312 g/mol. The first kappa shape index (κ1) is 15.1. The maximum absolute atomic E-state index is 12.2. The van der Waals surface area contributed by atoms with Gasteiger partial charge in [-0.3, -0.25) is 4.79 Å². The van der Waals surface area contributed by atoms with Crippen LogP contribution >= 0.6 is 23.1 Å². The van der Waals surface area contributed by atoms with E-state index in [4.69, 9.17) is 0 Å². The molecule has 0 spiro atoms. The first-order valence-corrected chi connectivity index (χ1v) is 9.18. The Morgan fingerprint density at radius 3 is 2.68 bits per heavy atom. The monoisotopic (exact) mass is 328 g/mol. The smallest absolute Gasteiger partial charge is 0.251 e. The quantitative estimate of drug-likeness (QED) is 0.767. The Balaban J connectivity index is 1.64. The fraction of sp³-hybridized carbons (Fsp3) is 0.176. The lowest BCUT2D eigenvalue weighted by molar-refractivity contribution is 0.0951. The van der Waals surface area contributed by atoms with Crippen LogP contribution in [-0.2, 0) is 12.3 Å². The first-order valence-electron chi connectivity index (χ1n) is 6.97. The van der Waals surface area contributed by atoms with Crippen LogP contribution in [0.1, 0.15) is 20.9 Å². The molecule has 0 saturated carbocycles. The summed E-state index contributed by atoms with van der Waals surface area (Å²) < 4.78 is 1.15. The molecule has 0 aliphatic rings. The van der Waals surface area contributed by atoms with Crippen molar-refractivity contribution in [3.05, 3.63) is 64.7 Å². The molecule has 2 aromatic carbocycles. The highest BCUT2D eigenvalue weighted by atomic mass is 32.2. The topological polar surface area (TPSA) is 42.0 Å². The lowest BCUT2D eigenvalue weighted by atomic mass is 10.1. The van der Waals surface area contributed by atoms with Crippen molar-refractivity contribution in [1.29, 1.82) is 0 Å². The second-order valence-corrected chi connectivity index (χ2v) is 6.87. The number of fused-ring (bicyclic) bond motifs is 1. The number of thioether (sulfide) groups is 1. The van der Waals surface area contributed by atoms with Crippen LogP contribution in [0.25, 0.3) is 10.2 Å². The third-order valence-electron chi connectivity index (χ3n) is 3.27. The molecule has 3 aromatic rings. The summed E-state index contributed by atoms with van der Waals surface area (Å²) in [6, 6.07) is 15.8. The van der Waals surface area contributed by atoms with E-state index in [9.17, 15) is 4.79 Å². The van der Waals surface area contributed by atoms with Gasteiger partial charge in [0.05, 0.1) is 16.8 Å². The third kappa shape index (κ3) is 3.48. The SMILES string of the molecule is CSCc1ccc(C(=O)NCc2nc3ccccc3s2)cc1. The average Bonchev–Trinajstić information content (AvgIpc) is 2.96. The summed E-state index contributed by atoms with van der Waals surface area (Å²) in [5, 5.41) is 3.86. The molecule has 0 radical (unpaired) electrons. The predicted octanol–water partition coefficient (Wildman–Crippen LogP) is 4.09. The number of carbonyl (C=O) groups is 1. The van der Waals surface area contributed by atoms with Gasteiger partial charge in [-0.05, 0) is 36.1 Å². The normalized spacial score (nSPS) is 10.8. The largest absolute Gasteiger partial charge is 0.346 e. The van der Waals surface area contributed by atoms with E-state index in [0.29, 0.717) is 12.1 Å². The lowest BCUT2D eigenvalue weighted by Crippen LogP contribution is -2.22. The third-order valence-corrected chi connectivity index (χ3v) is 4.92. The molecule has 0 bridgehead atoms. The Morgan fingerprint density at radius 1 is 1.18 bits per heavy atom. The summed E-state index contributed by atoms with van der Waals surface area (Å²) in [5.74, 6) is 0.906. The maximum atomic E-state index is 12.2. The highest BCUT2D eigenvalue weighted by Crippen LogP contribution is 2.21. The van der Waals surface area contributed by atoms with E-state index in [1.807, 2.05) is 48.5 Å². The number of nitrogens with one attached hydrogen (secondary N) is 1. The van der Waals surface area contributed by atoms with Gasteiger partial charge in [0.15, 0.2) is 0 Å². The number of benzene rings is 2. The van der Waals surface area contributed by atoms with Crippen molar-refractivity contribution in [3.63, 3.8) is 0 Å². The summed E-state index contributed by atoms with van der Waals surface area (Å²) in [7, 11) is 0. The zero-order valence-electron chi connectivity index (χ0n) is 12.2. The number of rotatable bonds is 5. The Hall–Kier alpha value is -1.85. The number of aromatic nitrogens is 1. The molecule has 1 amide bonds. The van der Waals surface area contributed by atoms with Crippen molar-refractivity contribution in [3.8, 4) is 0 Å². The molecule has 0 aliphatic heterocycles. The molecule has 1 aromatic heterocycles. The number of amides is 1. The van der Waals surface area contributed by atoms with Gasteiger partial charge < -0.3 is 5.32 Å². The van der Waals surface area contributed by atoms with E-state index in [0.717, 1.165) is 21.0 Å². The molecule has 112 valence electrons. The van der Waals surface area contributed by atoms with Crippen LogP contribution in [0.4, 0.5) is 0 Å². The van der Waals surface area contributed by atoms with E-state index >= 15 is 0 Å². The zero-order chi connectivity index (χ0) is 15.4. The Kier molecular flexibility index (Phi) is 4.75. The number of nitrogens with zero attached hydrogens (tertiary/aromatic N) is 1. The Labute approximate surface area is 137 Å². The van der Waals surface area contributed by atoms with E-state index in [1.165, 1.54) is 5.56 Å². The number of carbonyl (C=O) groups excluding carboxylic acids is 1. The standard InChI is InChI=1S/C17H16N2OS2/c1-21-11-12-6-8-13(9-7-12)17(20)18-10-16-19-14-4-2-3-5-15(14)22-16/h2-9H,10-11H2,1H3,(H,18,20). The first-order chi connectivity index (χ1) is 10.8. The highest BCUT2D eigenvalue weighted by Gasteiger charge is 2.08. The summed E-state index contributed by atoms with van der Waals surface area (Å²) >= 11 is 3.39. The second-order valence-electron chi connectivity index (χ2n) is 4.89. The molecule has 0 aliphatic carbocycles. The van der Waals surface area contributed by atoms with Gasteiger partial charge in [0.25, 0.3) is 5.91 Å². The summed E-state index contributed by atoms with van der Waals surface area (Å²) in [6.45, 7) is 0.463. The minimum absolute atomic E-state index is 0.0602. The Bertz CT molecular complexity index is 748. The van der Waals surface area contributed by atoms with Gasteiger partial charge in [0, 0.05) is 11.3 Å². The van der Waals surface area contributed by atoms with E-state index in [1.54, 1.807) is 23.1 Å². The van der Waals surface area contributed by atoms with E-state index < -0.39 is 0 Å². The van der Waals surface area contributed by atoms with Crippen LogP contribution in [0, 0.1) is 0 Å². The van der Waals surface area contributed by atoms with Crippen LogP contribution in [0.5, 0.6) is 0 Å². The van der Waals surface area contributed by atoms with E-state index in [-0.39, 0.29) is 5.91 Å². The minimum Gasteiger partial charge on any atom is -0.346 e. The molecule has 0 atom stereocenters. The van der Waals surface area contributed by atoms with Crippen LogP contribution in [0.3, 0.4) is 0 Å². The molecule has 3 nitrogen and oxygen atoms in total. The van der Waals surface area contributed by atoms with Crippen LogP contribution < -0.4 is 5.32 Å². The Morgan fingerprint density at radius 2 is 1.95 bits per heavy atom. The predicted molar refractivity (Wildman–Crippen MR) is 94.5 cm³/mol. The second kappa shape index (κ2) is 6.94. The van der Waals surface area contributed by atoms with Gasteiger partial charge in [-0.1, -0.05) is 24.3 Å². The van der Waals surface area contributed by atoms with Crippen molar-refractivity contribution in [2.45, 2.75) is 12.3 Å². The van der Waals surface area contributed by atoms with Gasteiger partial charge in [-0.2, -0.15) is 11.8 Å². The zero-order valence-corrected chi connectivity index (χ0v) is 13.8. The molecular formula is C17H16N2OS2. The fourth-order valence-corrected chi connectivity index (χ4v) is 3.61. The summed E-state index contributed by atoms with van der Waals surface area (Å²) in [6.07, 6.45) is 2.07. The molecule has 0 fully saturated rings. The number of para-hydroxylation sites is 1. The van der Waals surface area contributed by atoms with Crippen molar-refractivity contribution < 1.29 is 4.79 Å². The molecule has 3 rings (SSSR count). The minimum atomic E-state index is -0.0602. The fourth-order valence-electron chi connectivity index (χ4n) is 2.17. The average molecular weight is 328 g/mol. The van der Waals surface area contributed by atoms with Gasteiger partial charge in [0.2, 0.25) is 0 Å². The van der Waals surface area contributed by atoms with Crippen molar-refractivity contribution in [2.24, 2.45) is 0 Å². The molecule has 0 unspecified atom stereocenters. The van der Waals surface area contributed by atoms with Crippen molar-refractivity contribution in [1.82, 2.24) is 10.3 Å². The molecule has 22 heavy (non-hydrogen) atoms. The molecule has 0 saturated heterocycles. The lowest BCUT2D eigenvalue weighted by Gasteiger charge is -2.04. The highest BCUT2D eigenvalue weighted by molar-refractivity contribution is 7.97. The van der Waals surface area contributed by atoms with Crippen molar-refractivity contribution >= 4 is 39.2 Å². The van der Waals surface area contributed by atoms with Gasteiger partial charge in [-0.15, -0.1) is 11.3 Å². The number of hydrogen-bond donors (Lipinski definition) is 1. The maximum Gasteiger partial charge on any atom is 0.251 e. The molecule has 5 heteroatoms. The van der Waals surface area contributed by atoms with Crippen LogP contribution in [0.2, 0.25) is 0 Å². The molecule has 1 N–H and O–H groups in total. The van der Waals surface area contributed by atoms with E-state index in [2.05, 4.69) is 16.6 Å². The number of thiazole rings is 1. The number of hydrogen-bond acceptors (Lipinski definition) is 4. The summed E-state index contributed by atoms with van der Waals surface area (Å²) in [4.78, 5) is 16.7. The van der Waals surface area contributed by atoms with Crippen LogP contribution in [0.15, 0.2) is 48.5 Å². The van der Waals surface area contributed by atoms with Gasteiger partial charge in [0.1, 0.15) is 5.01 Å². The summed E-state index contributed by atoms with van der Waals surface area (Å²) in [5.41, 5.74) is 2.90.